The summed E-state index contributed by atoms with van der Waals surface area (Å²) >= 11 is 0. The summed E-state index contributed by atoms with van der Waals surface area (Å²) in [5, 5.41) is 14.2. The molecule has 0 saturated carbocycles. The number of nitrogens with zero attached hydrogens (tertiary/aromatic N) is 1. The molecule has 1 aromatic heterocycles. The Morgan fingerprint density at radius 1 is 1.14 bits per heavy atom. The molecule has 3 aromatic rings. The van der Waals surface area contributed by atoms with Crippen molar-refractivity contribution in [3.05, 3.63) is 60.4 Å². The van der Waals surface area contributed by atoms with Crippen molar-refractivity contribution in [3.63, 3.8) is 0 Å². The number of nitrogens with two attached hydrogens (primary N) is 1. The summed E-state index contributed by atoms with van der Waals surface area (Å²) in [6, 6.07) is 12.4. The molecule has 4 N–H and O–H groups in total. The monoisotopic (exact) mass is 279 g/mol. The number of pyridine rings is 1. The second kappa shape index (κ2) is 5.13. The second-order valence-electron chi connectivity index (χ2n) is 4.63. The molecule has 5 nitrogen and oxygen atoms in total. The van der Waals surface area contributed by atoms with Crippen LogP contribution in [0.3, 0.4) is 0 Å². The van der Waals surface area contributed by atoms with E-state index in [4.69, 9.17) is 10.8 Å². The predicted octanol–water partition coefficient (Wildman–Crippen LogP) is 3.26. The highest BCUT2D eigenvalue weighted by atomic mass is 16.4. The minimum atomic E-state index is -0.998. The molecule has 2 aromatic carbocycles. The topological polar surface area (TPSA) is 88.2 Å². The molecule has 0 unspecified atom stereocenters. The van der Waals surface area contributed by atoms with Crippen LogP contribution in [0.5, 0.6) is 0 Å². The number of carbonyl (C=O) groups is 1. The van der Waals surface area contributed by atoms with Crippen LogP contribution in [-0.2, 0) is 0 Å². The average Bonchev–Trinajstić information content (AvgIpc) is 2.49. The van der Waals surface area contributed by atoms with E-state index in [0.717, 1.165) is 16.5 Å². The first-order chi connectivity index (χ1) is 10.1. The number of rotatable bonds is 3. The van der Waals surface area contributed by atoms with Gasteiger partial charge in [-0.15, -0.1) is 0 Å². The third-order valence-electron chi connectivity index (χ3n) is 3.25. The Balaban J connectivity index is 2.01. The van der Waals surface area contributed by atoms with E-state index < -0.39 is 5.97 Å². The number of hydrogen-bond donors (Lipinski definition) is 3. The Kier molecular flexibility index (Phi) is 3.16. The predicted molar refractivity (Wildman–Crippen MR) is 82.8 cm³/mol. The Hall–Kier alpha value is -3.08. The number of aromatic carboxylic acids is 1. The van der Waals surface area contributed by atoms with Crippen molar-refractivity contribution in [2.24, 2.45) is 0 Å². The van der Waals surface area contributed by atoms with E-state index in [1.54, 1.807) is 18.5 Å². The molecule has 5 heteroatoms. The van der Waals surface area contributed by atoms with Crippen LogP contribution in [0.15, 0.2) is 54.9 Å². The lowest BCUT2D eigenvalue weighted by Crippen LogP contribution is -2.01. The fourth-order valence-corrected chi connectivity index (χ4v) is 2.18. The van der Waals surface area contributed by atoms with Gasteiger partial charge in [0.1, 0.15) is 0 Å². The molecule has 1 heterocycles. The third-order valence-corrected chi connectivity index (χ3v) is 3.25. The Bertz CT molecular complexity index is 825. The third kappa shape index (κ3) is 2.49. The summed E-state index contributed by atoms with van der Waals surface area (Å²) in [6.07, 6.45) is 3.52. The molecule has 0 amide bonds. The zero-order valence-electron chi connectivity index (χ0n) is 11.1. The normalized spacial score (nSPS) is 10.5. The number of fused-ring (bicyclic) bond motifs is 1. The number of carboxylic acid groups (broad SMARTS) is 1. The lowest BCUT2D eigenvalue weighted by Gasteiger charge is -2.12. The molecule has 104 valence electrons. The number of nitrogen functional groups attached to an aromatic ring is 1. The van der Waals surface area contributed by atoms with E-state index in [2.05, 4.69) is 10.3 Å². The smallest absolute Gasteiger partial charge is 0.335 e. The van der Waals surface area contributed by atoms with Crippen LogP contribution in [-0.4, -0.2) is 16.1 Å². The van der Waals surface area contributed by atoms with E-state index in [1.807, 2.05) is 24.3 Å². The van der Waals surface area contributed by atoms with Crippen molar-refractivity contribution >= 4 is 33.8 Å². The van der Waals surface area contributed by atoms with Crippen molar-refractivity contribution < 1.29 is 9.90 Å². The van der Waals surface area contributed by atoms with Crippen LogP contribution >= 0.6 is 0 Å². The zero-order chi connectivity index (χ0) is 14.8. The van der Waals surface area contributed by atoms with Gasteiger partial charge in [-0.3, -0.25) is 4.98 Å². The van der Waals surface area contributed by atoms with Crippen LogP contribution < -0.4 is 11.1 Å². The maximum atomic E-state index is 10.9. The number of nitrogens with one attached hydrogen (secondary N) is 1. The van der Waals surface area contributed by atoms with Crippen molar-refractivity contribution in [1.82, 2.24) is 4.98 Å². The van der Waals surface area contributed by atoms with E-state index >= 15 is 0 Å². The van der Waals surface area contributed by atoms with Crippen molar-refractivity contribution in [2.75, 3.05) is 11.1 Å². The van der Waals surface area contributed by atoms with Crippen LogP contribution in [0.1, 0.15) is 10.4 Å². The minimum absolute atomic E-state index is 0.164. The molecule has 0 aliphatic rings. The number of carboxylic acids is 1. The summed E-state index contributed by atoms with van der Waals surface area (Å²) in [6.45, 7) is 0. The molecule has 0 saturated heterocycles. The van der Waals surface area contributed by atoms with Gasteiger partial charge >= 0.3 is 5.97 Å². The van der Waals surface area contributed by atoms with E-state index in [0.29, 0.717) is 11.4 Å². The standard InChI is InChI=1S/C16H13N3O2/c17-13-8-11(16(20)21)4-5-15(13)19-14-3-1-2-10-6-7-18-9-12(10)14/h1-9,19H,17H2,(H,20,21). The molecule has 0 atom stereocenters. The van der Waals surface area contributed by atoms with Gasteiger partial charge in [0.05, 0.1) is 16.9 Å². The fourth-order valence-electron chi connectivity index (χ4n) is 2.18. The number of benzene rings is 2. The first kappa shape index (κ1) is 12.9. The summed E-state index contributed by atoms with van der Waals surface area (Å²) in [5.74, 6) is -0.998. The molecule has 0 radical (unpaired) electrons. The van der Waals surface area contributed by atoms with Crippen LogP contribution in [0.2, 0.25) is 0 Å². The van der Waals surface area contributed by atoms with Gasteiger partial charge in [-0.05, 0) is 35.7 Å². The molecular formula is C16H13N3O2. The second-order valence-corrected chi connectivity index (χ2v) is 4.63. The summed E-state index contributed by atoms with van der Waals surface area (Å²) in [4.78, 5) is 15.0. The van der Waals surface area contributed by atoms with Gasteiger partial charge in [-0.25, -0.2) is 4.79 Å². The Morgan fingerprint density at radius 3 is 2.76 bits per heavy atom. The SMILES string of the molecule is Nc1cc(C(=O)O)ccc1Nc1cccc2ccncc12. The Morgan fingerprint density at radius 2 is 2.00 bits per heavy atom. The van der Waals surface area contributed by atoms with Gasteiger partial charge in [0, 0.05) is 23.5 Å². The summed E-state index contributed by atoms with van der Waals surface area (Å²) in [7, 11) is 0. The van der Waals surface area contributed by atoms with Gasteiger partial charge < -0.3 is 16.2 Å². The van der Waals surface area contributed by atoms with Crippen molar-refractivity contribution in [2.45, 2.75) is 0 Å². The van der Waals surface area contributed by atoms with Gasteiger partial charge in [0.2, 0.25) is 0 Å². The molecule has 0 bridgehead atoms. The van der Waals surface area contributed by atoms with Gasteiger partial charge in [0.25, 0.3) is 0 Å². The molecule has 0 spiro atoms. The highest BCUT2D eigenvalue weighted by molar-refractivity contribution is 5.96. The first-order valence-electron chi connectivity index (χ1n) is 6.38. The van der Waals surface area contributed by atoms with E-state index in [1.165, 1.54) is 12.1 Å². The fraction of sp³-hybridized carbons (Fsp3) is 0. The van der Waals surface area contributed by atoms with Crippen LogP contribution in [0, 0.1) is 0 Å². The molecule has 0 aliphatic heterocycles. The lowest BCUT2D eigenvalue weighted by atomic mass is 10.1. The maximum Gasteiger partial charge on any atom is 0.335 e. The molecule has 21 heavy (non-hydrogen) atoms. The maximum absolute atomic E-state index is 10.9. The number of aromatic nitrogens is 1. The highest BCUT2D eigenvalue weighted by Gasteiger charge is 2.08. The molecule has 0 fully saturated rings. The highest BCUT2D eigenvalue weighted by Crippen LogP contribution is 2.29. The molecule has 0 aliphatic carbocycles. The summed E-state index contributed by atoms with van der Waals surface area (Å²) in [5.41, 5.74) is 7.99. The van der Waals surface area contributed by atoms with E-state index in [9.17, 15) is 4.79 Å². The van der Waals surface area contributed by atoms with Crippen molar-refractivity contribution in [3.8, 4) is 0 Å². The lowest BCUT2D eigenvalue weighted by molar-refractivity contribution is 0.0697. The number of anilines is 3. The summed E-state index contributed by atoms with van der Waals surface area (Å²) < 4.78 is 0. The quantitative estimate of drug-likeness (QED) is 0.640. The average molecular weight is 279 g/mol. The molecular weight excluding hydrogens is 266 g/mol. The zero-order valence-corrected chi connectivity index (χ0v) is 11.1. The number of hydrogen-bond acceptors (Lipinski definition) is 4. The van der Waals surface area contributed by atoms with Crippen LogP contribution in [0.25, 0.3) is 10.8 Å². The van der Waals surface area contributed by atoms with Gasteiger partial charge in [-0.2, -0.15) is 0 Å². The van der Waals surface area contributed by atoms with Crippen molar-refractivity contribution in [1.29, 1.82) is 0 Å². The first-order valence-corrected chi connectivity index (χ1v) is 6.38. The van der Waals surface area contributed by atoms with Gasteiger partial charge in [0.15, 0.2) is 0 Å². The van der Waals surface area contributed by atoms with Crippen LogP contribution in [0.4, 0.5) is 17.1 Å². The Labute approximate surface area is 121 Å². The van der Waals surface area contributed by atoms with E-state index in [-0.39, 0.29) is 5.56 Å². The minimum Gasteiger partial charge on any atom is -0.478 e. The largest absolute Gasteiger partial charge is 0.478 e. The van der Waals surface area contributed by atoms with Gasteiger partial charge in [-0.1, -0.05) is 12.1 Å². The molecule has 3 rings (SSSR count).